The monoisotopic (exact) mass is 495 g/mol. The van der Waals surface area contributed by atoms with Gasteiger partial charge in [0.1, 0.15) is 34.9 Å². The molecule has 2 aliphatic heterocycles. The van der Waals surface area contributed by atoms with E-state index in [0.717, 1.165) is 67.4 Å². The molecule has 3 N–H and O–H groups in total. The second kappa shape index (κ2) is 9.63. The quantitative estimate of drug-likeness (QED) is 0.410. The fraction of sp³-hybridized carbons (Fsp3) is 0.385. The lowest BCUT2D eigenvalue weighted by atomic mass is 10.0. The number of rotatable bonds is 6. The molecule has 0 saturated carbocycles. The Labute approximate surface area is 215 Å². The Morgan fingerprint density at radius 2 is 1.86 bits per heavy atom. The smallest absolute Gasteiger partial charge is 0.234 e. The van der Waals surface area contributed by atoms with Crippen LogP contribution >= 0.6 is 0 Å². The zero-order valence-corrected chi connectivity index (χ0v) is 20.7. The molecule has 0 aromatic carbocycles. The lowest BCUT2D eigenvalue weighted by molar-refractivity contribution is 0.125. The van der Waals surface area contributed by atoms with Crippen LogP contribution in [0.25, 0.3) is 22.6 Å². The highest BCUT2D eigenvalue weighted by Gasteiger charge is 2.29. The number of nitrogens with zero attached hydrogens (tertiary/aromatic N) is 9. The normalized spacial score (nSPS) is 17.4. The van der Waals surface area contributed by atoms with Gasteiger partial charge in [-0.05, 0) is 56.5 Å². The van der Waals surface area contributed by atoms with Gasteiger partial charge in [0.2, 0.25) is 5.82 Å². The van der Waals surface area contributed by atoms with E-state index in [1.54, 1.807) is 18.5 Å². The molecule has 1 atom stereocenters. The van der Waals surface area contributed by atoms with Crippen LogP contribution < -0.4 is 16.0 Å². The number of nitrogen functional groups attached to an aromatic ring is 1. The minimum absolute atomic E-state index is 0.0175. The number of piperidine rings is 1. The van der Waals surface area contributed by atoms with E-state index in [4.69, 9.17) is 21.0 Å². The highest BCUT2D eigenvalue weighted by Crippen LogP contribution is 2.34. The van der Waals surface area contributed by atoms with Gasteiger partial charge in [-0.15, -0.1) is 0 Å². The standard InChI is InChI=1S/C26H29N11/c1-17(35-14-8-18(9-15-35)31-21-7-11-29-22(16-27)33-21)37-25(19-4-2-10-30-24(19)28)32-20-5-6-23(34-26(20)37)36-12-3-13-36/h2,4-7,10-11,17-18H,3,8-9,12-15H2,1H3,(H2,28,30)(H,29,31,33). The summed E-state index contributed by atoms with van der Waals surface area (Å²) in [7, 11) is 0. The summed E-state index contributed by atoms with van der Waals surface area (Å²) >= 11 is 0. The zero-order chi connectivity index (χ0) is 25.4. The number of fused-ring (bicyclic) bond motifs is 1. The first-order chi connectivity index (χ1) is 18.1. The van der Waals surface area contributed by atoms with Crippen LogP contribution in [0.5, 0.6) is 0 Å². The van der Waals surface area contributed by atoms with Crippen molar-refractivity contribution in [2.24, 2.45) is 0 Å². The molecule has 0 amide bonds. The Balaban J connectivity index is 1.28. The highest BCUT2D eigenvalue weighted by molar-refractivity contribution is 5.81. The Morgan fingerprint density at radius 1 is 1.03 bits per heavy atom. The average molecular weight is 496 g/mol. The van der Waals surface area contributed by atoms with Gasteiger partial charge >= 0.3 is 0 Å². The fourth-order valence-electron chi connectivity index (χ4n) is 5.12. The van der Waals surface area contributed by atoms with Crippen molar-refractivity contribution >= 4 is 28.6 Å². The maximum atomic E-state index is 9.08. The molecule has 0 aliphatic carbocycles. The Hall–Kier alpha value is -4.30. The van der Waals surface area contributed by atoms with Crippen LogP contribution in [0.3, 0.4) is 0 Å². The third kappa shape index (κ3) is 4.40. The predicted molar refractivity (Wildman–Crippen MR) is 142 cm³/mol. The second-order valence-corrected chi connectivity index (χ2v) is 9.56. The number of nitrogens with two attached hydrogens (primary N) is 1. The van der Waals surface area contributed by atoms with Crippen LogP contribution in [-0.2, 0) is 0 Å². The maximum absolute atomic E-state index is 9.08. The zero-order valence-electron chi connectivity index (χ0n) is 20.7. The van der Waals surface area contributed by atoms with Crippen molar-refractivity contribution in [1.29, 1.82) is 5.26 Å². The predicted octanol–water partition coefficient (Wildman–Crippen LogP) is 3.04. The molecule has 1 unspecified atom stereocenters. The van der Waals surface area contributed by atoms with Crippen molar-refractivity contribution in [3.8, 4) is 17.5 Å². The van der Waals surface area contributed by atoms with E-state index in [-0.39, 0.29) is 18.0 Å². The molecular weight excluding hydrogens is 466 g/mol. The summed E-state index contributed by atoms with van der Waals surface area (Å²) in [6.45, 7) is 6.05. The summed E-state index contributed by atoms with van der Waals surface area (Å²) in [5, 5.41) is 12.5. The van der Waals surface area contributed by atoms with E-state index in [2.05, 4.69) is 53.7 Å². The average Bonchev–Trinajstić information content (AvgIpc) is 3.27. The Morgan fingerprint density at radius 3 is 2.59 bits per heavy atom. The van der Waals surface area contributed by atoms with E-state index in [9.17, 15) is 0 Å². The van der Waals surface area contributed by atoms with Crippen molar-refractivity contribution < 1.29 is 0 Å². The number of pyridine rings is 2. The Bertz CT molecular complexity index is 1460. The molecule has 4 aromatic rings. The summed E-state index contributed by atoms with van der Waals surface area (Å²) in [6.07, 6.45) is 6.42. The van der Waals surface area contributed by atoms with Crippen LogP contribution in [0.1, 0.15) is 38.2 Å². The lowest BCUT2D eigenvalue weighted by Crippen LogP contribution is -2.42. The number of hydrogen-bond acceptors (Lipinski definition) is 10. The number of nitriles is 1. The summed E-state index contributed by atoms with van der Waals surface area (Å²) < 4.78 is 2.21. The number of imidazole rings is 1. The molecule has 2 fully saturated rings. The van der Waals surface area contributed by atoms with Crippen molar-refractivity contribution in [1.82, 2.24) is 34.4 Å². The number of aromatic nitrogens is 6. The van der Waals surface area contributed by atoms with Crippen LogP contribution in [0, 0.1) is 11.3 Å². The summed E-state index contributed by atoms with van der Waals surface area (Å²) in [4.78, 5) is 27.3. The molecule has 11 heteroatoms. The molecular formula is C26H29N11. The maximum Gasteiger partial charge on any atom is 0.234 e. The van der Waals surface area contributed by atoms with Gasteiger partial charge in [0, 0.05) is 44.6 Å². The van der Waals surface area contributed by atoms with Crippen LogP contribution in [-0.4, -0.2) is 66.6 Å². The topological polar surface area (TPSA) is 138 Å². The molecule has 188 valence electrons. The van der Waals surface area contributed by atoms with Gasteiger partial charge in [-0.25, -0.2) is 24.9 Å². The minimum Gasteiger partial charge on any atom is -0.383 e. The van der Waals surface area contributed by atoms with Gasteiger partial charge in [-0.2, -0.15) is 5.26 Å². The first kappa shape index (κ1) is 23.1. The summed E-state index contributed by atoms with van der Waals surface area (Å²) in [5.41, 5.74) is 8.82. The molecule has 0 spiro atoms. The first-order valence-corrected chi connectivity index (χ1v) is 12.7. The van der Waals surface area contributed by atoms with Crippen LogP contribution in [0.15, 0.2) is 42.7 Å². The van der Waals surface area contributed by atoms with E-state index >= 15 is 0 Å². The number of nitrogens with one attached hydrogen (secondary N) is 1. The van der Waals surface area contributed by atoms with Gasteiger partial charge in [-0.1, -0.05) is 0 Å². The summed E-state index contributed by atoms with van der Waals surface area (Å²) in [5.74, 6) is 3.10. The molecule has 6 heterocycles. The van der Waals surface area contributed by atoms with Gasteiger partial charge in [0.15, 0.2) is 5.65 Å². The SMILES string of the molecule is CC(N1CCC(Nc2ccnc(C#N)n2)CC1)n1c(-c2cccnc2N)nc2ccc(N3CCC3)nc21. The minimum atomic E-state index is 0.0175. The molecule has 6 rings (SSSR count). The van der Waals surface area contributed by atoms with Crippen molar-refractivity contribution in [3.63, 3.8) is 0 Å². The van der Waals surface area contributed by atoms with Crippen molar-refractivity contribution in [2.75, 3.05) is 42.1 Å². The molecule has 0 radical (unpaired) electrons. The lowest BCUT2D eigenvalue weighted by Gasteiger charge is -2.37. The molecule has 0 bridgehead atoms. The van der Waals surface area contributed by atoms with Crippen LogP contribution in [0.4, 0.5) is 17.5 Å². The van der Waals surface area contributed by atoms with Gasteiger partial charge in [-0.3, -0.25) is 9.47 Å². The van der Waals surface area contributed by atoms with E-state index in [0.29, 0.717) is 11.6 Å². The largest absolute Gasteiger partial charge is 0.383 e. The number of hydrogen-bond donors (Lipinski definition) is 2. The molecule has 2 aliphatic rings. The first-order valence-electron chi connectivity index (χ1n) is 12.7. The Kier molecular flexibility index (Phi) is 6.02. The fourth-order valence-corrected chi connectivity index (χ4v) is 5.12. The van der Waals surface area contributed by atoms with Gasteiger partial charge in [0.25, 0.3) is 0 Å². The van der Waals surface area contributed by atoms with E-state index in [1.807, 2.05) is 18.2 Å². The van der Waals surface area contributed by atoms with Gasteiger partial charge < -0.3 is 16.0 Å². The van der Waals surface area contributed by atoms with Crippen molar-refractivity contribution in [3.05, 3.63) is 48.5 Å². The number of anilines is 3. The molecule has 2 saturated heterocycles. The highest BCUT2D eigenvalue weighted by atomic mass is 15.3. The van der Waals surface area contributed by atoms with E-state index < -0.39 is 0 Å². The van der Waals surface area contributed by atoms with Gasteiger partial charge in [0.05, 0.1) is 11.7 Å². The third-order valence-corrected chi connectivity index (χ3v) is 7.32. The number of likely N-dealkylation sites (tertiary alicyclic amines) is 1. The molecule has 4 aromatic heterocycles. The van der Waals surface area contributed by atoms with E-state index in [1.165, 1.54) is 6.42 Å². The molecule has 37 heavy (non-hydrogen) atoms. The van der Waals surface area contributed by atoms with Crippen LogP contribution in [0.2, 0.25) is 0 Å². The molecule has 11 nitrogen and oxygen atoms in total. The summed E-state index contributed by atoms with van der Waals surface area (Å²) in [6, 6.07) is 12.0. The third-order valence-electron chi connectivity index (χ3n) is 7.32. The second-order valence-electron chi connectivity index (χ2n) is 9.56. The van der Waals surface area contributed by atoms with Crippen molar-refractivity contribution in [2.45, 2.75) is 38.4 Å².